The van der Waals surface area contributed by atoms with Crippen LogP contribution in [0.1, 0.15) is 53.4 Å². The Morgan fingerprint density at radius 1 is 1.15 bits per heavy atom. The van der Waals surface area contributed by atoms with Crippen molar-refractivity contribution >= 4 is 5.91 Å². The smallest absolute Gasteiger partial charge is 0.276 e. The van der Waals surface area contributed by atoms with E-state index in [0.29, 0.717) is 23.9 Å². The zero-order valence-electron chi connectivity index (χ0n) is 15.6. The molecule has 0 unspecified atom stereocenters. The molecule has 27 heavy (non-hydrogen) atoms. The average molecular weight is 369 g/mol. The van der Waals surface area contributed by atoms with Gasteiger partial charge in [0, 0.05) is 38.2 Å². The summed E-state index contributed by atoms with van der Waals surface area (Å²) in [6.45, 7) is 3.83. The molecule has 0 bridgehead atoms. The number of aliphatic hydroxyl groups is 1. The predicted octanol–water partition coefficient (Wildman–Crippen LogP) is 2.65. The molecule has 1 amide bonds. The monoisotopic (exact) mass is 369 g/mol. The first-order valence-corrected chi connectivity index (χ1v) is 9.89. The summed E-state index contributed by atoms with van der Waals surface area (Å²) < 4.78 is 5.42. The molecule has 2 saturated heterocycles. The van der Waals surface area contributed by atoms with E-state index in [4.69, 9.17) is 4.52 Å². The molecule has 0 saturated carbocycles. The second kappa shape index (κ2) is 8.23. The molecule has 2 aliphatic rings. The SMILES string of the molecule is O=C(c1cc(CN2CCC(O)CC2)on1)N1CCC[C@@H](c2ccccc2)C1. The van der Waals surface area contributed by atoms with Gasteiger partial charge in [0.05, 0.1) is 12.6 Å². The van der Waals surface area contributed by atoms with Crippen LogP contribution in [0, 0.1) is 0 Å². The summed E-state index contributed by atoms with van der Waals surface area (Å²) >= 11 is 0. The van der Waals surface area contributed by atoms with Crippen molar-refractivity contribution in [1.82, 2.24) is 15.0 Å². The summed E-state index contributed by atoms with van der Waals surface area (Å²) in [6, 6.07) is 12.2. The minimum Gasteiger partial charge on any atom is -0.393 e. The van der Waals surface area contributed by atoms with Crippen molar-refractivity contribution in [3.05, 3.63) is 53.4 Å². The fraction of sp³-hybridized carbons (Fsp3) is 0.524. The van der Waals surface area contributed by atoms with E-state index in [0.717, 1.165) is 51.9 Å². The lowest BCUT2D eigenvalue weighted by Gasteiger charge is -2.32. The molecule has 1 aromatic carbocycles. The van der Waals surface area contributed by atoms with Gasteiger partial charge in [0.15, 0.2) is 11.5 Å². The average Bonchev–Trinajstić information content (AvgIpc) is 3.18. The van der Waals surface area contributed by atoms with E-state index in [-0.39, 0.29) is 12.0 Å². The molecule has 2 fully saturated rings. The summed E-state index contributed by atoms with van der Waals surface area (Å²) in [6.07, 6.45) is 3.50. The van der Waals surface area contributed by atoms with Crippen molar-refractivity contribution in [2.24, 2.45) is 0 Å². The number of nitrogens with zero attached hydrogens (tertiary/aromatic N) is 3. The lowest BCUT2D eigenvalue weighted by atomic mass is 9.90. The summed E-state index contributed by atoms with van der Waals surface area (Å²) in [5, 5.41) is 13.6. The number of carbonyl (C=O) groups is 1. The van der Waals surface area contributed by atoms with Gasteiger partial charge in [0.1, 0.15) is 0 Å². The number of hydrogen-bond donors (Lipinski definition) is 1. The topological polar surface area (TPSA) is 69.8 Å². The molecule has 6 heteroatoms. The molecule has 4 rings (SSSR count). The molecule has 1 N–H and O–H groups in total. The van der Waals surface area contributed by atoms with Gasteiger partial charge in [-0.1, -0.05) is 35.5 Å². The minimum absolute atomic E-state index is 0.0419. The van der Waals surface area contributed by atoms with Crippen molar-refractivity contribution in [2.45, 2.75) is 44.2 Å². The first kappa shape index (κ1) is 18.2. The summed E-state index contributed by atoms with van der Waals surface area (Å²) in [4.78, 5) is 17.0. The molecule has 2 aliphatic heterocycles. The van der Waals surface area contributed by atoms with E-state index in [1.165, 1.54) is 5.56 Å². The Morgan fingerprint density at radius 2 is 1.93 bits per heavy atom. The van der Waals surface area contributed by atoms with Crippen LogP contribution in [0.5, 0.6) is 0 Å². The van der Waals surface area contributed by atoms with E-state index in [9.17, 15) is 9.90 Å². The van der Waals surface area contributed by atoms with Gasteiger partial charge in [0.2, 0.25) is 0 Å². The third-order valence-corrected chi connectivity index (χ3v) is 5.69. The van der Waals surface area contributed by atoms with Crippen molar-refractivity contribution in [3.63, 3.8) is 0 Å². The molecular formula is C21H27N3O3. The van der Waals surface area contributed by atoms with Crippen molar-refractivity contribution < 1.29 is 14.4 Å². The highest BCUT2D eigenvalue weighted by Crippen LogP contribution is 2.27. The van der Waals surface area contributed by atoms with Crippen molar-refractivity contribution in [1.29, 1.82) is 0 Å². The maximum absolute atomic E-state index is 12.9. The molecule has 1 aromatic heterocycles. The molecule has 1 atom stereocenters. The van der Waals surface area contributed by atoms with E-state index < -0.39 is 0 Å². The lowest BCUT2D eigenvalue weighted by Crippen LogP contribution is -2.39. The van der Waals surface area contributed by atoms with Gasteiger partial charge in [-0.3, -0.25) is 9.69 Å². The van der Waals surface area contributed by atoms with E-state index in [1.54, 1.807) is 6.07 Å². The van der Waals surface area contributed by atoms with Crippen LogP contribution in [0.15, 0.2) is 40.9 Å². The Balaban J connectivity index is 1.37. The van der Waals surface area contributed by atoms with Crippen LogP contribution in [-0.4, -0.2) is 58.3 Å². The van der Waals surface area contributed by atoms with Crippen LogP contribution < -0.4 is 0 Å². The number of likely N-dealkylation sites (tertiary alicyclic amines) is 2. The number of rotatable bonds is 4. The number of benzene rings is 1. The molecule has 0 spiro atoms. The fourth-order valence-corrected chi connectivity index (χ4v) is 4.11. The minimum atomic E-state index is -0.190. The van der Waals surface area contributed by atoms with Crippen LogP contribution in [0.25, 0.3) is 0 Å². The number of hydrogen-bond acceptors (Lipinski definition) is 5. The Kier molecular flexibility index (Phi) is 5.55. The normalized spacial score (nSPS) is 22.1. The number of piperidine rings is 2. The Morgan fingerprint density at radius 3 is 2.70 bits per heavy atom. The number of carbonyl (C=O) groups excluding carboxylic acids is 1. The lowest BCUT2D eigenvalue weighted by molar-refractivity contribution is 0.0693. The molecular weight excluding hydrogens is 342 g/mol. The van der Waals surface area contributed by atoms with Crippen LogP contribution in [0.2, 0.25) is 0 Å². The first-order valence-electron chi connectivity index (χ1n) is 9.89. The number of aliphatic hydroxyl groups excluding tert-OH is 1. The van der Waals surface area contributed by atoms with Gasteiger partial charge in [-0.05, 0) is 31.2 Å². The molecule has 6 nitrogen and oxygen atoms in total. The fourth-order valence-electron chi connectivity index (χ4n) is 4.11. The van der Waals surface area contributed by atoms with E-state index in [1.807, 2.05) is 11.0 Å². The van der Waals surface area contributed by atoms with Crippen LogP contribution in [-0.2, 0) is 6.54 Å². The maximum atomic E-state index is 12.9. The van der Waals surface area contributed by atoms with Crippen molar-refractivity contribution in [2.75, 3.05) is 26.2 Å². The third-order valence-electron chi connectivity index (χ3n) is 5.69. The molecule has 2 aromatic rings. The summed E-state index contributed by atoms with van der Waals surface area (Å²) in [7, 11) is 0. The summed E-state index contributed by atoms with van der Waals surface area (Å²) in [5.41, 5.74) is 1.69. The zero-order chi connectivity index (χ0) is 18.6. The van der Waals surface area contributed by atoms with E-state index in [2.05, 4.69) is 34.3 Å². The molecule has 3 heterocycles. The van der Waals surface area contributed by atoms with Crippen molar-refractivity contribution in [3.8, 4) is 0 Å². The highest BCUT2D eigenvalue weighted by molar-refractivity contribution is 5.92. The highest BCUT2D eigenvalue weighted by Gasteiger charge is 2.27. The molecule has 0 aliphatic carbocycles. The molecule has 144 valence electrons. The Hall–Kier alpha value is -2.18. The predicted molar refractivity (Wildman–Crippen MR) is 101 cm³/mol. The number of aromatic nitrogens is 1. The quantitative estimate of drug-likeness (QED) is 0.897. The zero-order valence-corrected chi connectivity index (χ0v) is 15.6. The second-order valence-electron chi connectivity index (χ2n) is 7.69. The first-order chi connectivity index (χ1) is 13.2. The Labute approximate surface area is 159 Å². The Bertz CT molecular complexity index is 753. The van der Waals surface area contributed by atoms with Crippen LogP contribution in [0.4, 0.5) is 0 Å². The van der Waals surface area contributed by atoms with Gasteiger partial charge in [-0.25, -0.2) is 0 Å². The number of amides is 1. The second-order valence-corrected chi connectivity index (χ2v) is 7.69. The largest absolute Gasteiger partial charge is 0.393 e. The third kappa shape index (κ3) is 4.39. The highest BCUT2D eigenvalue weighted by atomic mass is 16.5. The van der Waals surface area contributed by atoms with Gasteiger partial charge < -0.3 is 14.5 Å². The maximum Gasteiger partial charge on any atom is 0.276 e. The van der Waals surface area contributed by atoms with Gasteiger partial charge in [0.25, 0.3) is 5.91 Å². The van der Waals surface area contributed by atoms with Crippen LogP contribution >= 0.6 is 0 Å². The van der Waals surface area contributed by atoms with Gasteiger partial charge >= 0.3 is 0 Å². The van der Waals surface area contributed by atoms with Gasteiger partial charge in [-0.15, -0.1) is 0 Å². The van der Waals surface area contributed by atoms with Crippen LogP contribution in [0.3, 0.4) is 0 Å². The van der Waals surface area contributed by atoms with Gasteiger partial charge in [-0.2, -0.15) is 0 Å². The standard InChI is InChI=1S/C21H27N3O3/c25-18-8-11-23(12-9-18)15-19-13-20(22-27-19)21(26)24-10-4-7-17(14-24)16-5-2-1-3-6-16/h1-3,5-6,13,17-18,25H,4,7-12,14-15H2/t17-/m1/s1. The summed E-state index contributed by atoms with van der Waals surface area (Å²) in [5.74, 6) is 1.06. The molecule has 0 radical (unpaired) electrons. The van der Waals surface area contributed by atoms with E-state index >= 15 is 0 Å².